The molecule has 17 nitrogen and oxygen atoms in total. The van der Waals surface area contributed by atoms with Crippen molar-refractivity contribution in [2.24, 2.45) is 0 Å². The van der Waals surface area contributed by atoms with Crippen LogP contribution in [0.2, 0.25) is 0 Å². The number of phosphoric acid groups is 2. The Morgan fingerprint density at radius 1 is 1.21 bits per heavy atom. The predicted molar refractivity (Wildman–Crippen MR) is 107 cm³/mol. The molecule has 1 saturated heterocycles. The molecule has 2 rings (SSSR count). The van der Waals surface area contributed by atoms with Crippen molar-refractivity contribution in [1.82, 2.24) is 9.55 Å². The van der Waals surface area contributed by atoms with Crippen molar-refractivity contribution < 1.29 is 56.6 Å². The van der Waals surface area contributed by atoms with Gasteiger partial charge in [-0.2, -0.15) is 4.31 Å². The average Bonchev–Trinajstić information content (AvgIpc) is 2.92. The van der Waals surface area contributed by atoms with Crippen LogP contribution >= 0.6 is 15.6 Å². The topological polar surface area (TPSA) is 230 Å². The molecule has 0 spiro atoms. The molecule has 1 aromatic rings. The Balaban J connectivity index is 1.99. The third kappa shape index (κ3) is 7.98. The molecule has 1 aliphatic rings. The summed E-state index contributed by atoms with van der Waals surface area (Å²) in [5.41, 5.74) is -1.16. The second-order valence-corrected chi connectivity index (χ2v) is 11.0. The molecule has 0 radical (unpaired) electrons. The molecule has 6 atom stereocenters. The summed E-state index contributed by atoms with van der Waals surface area (Å²) >= 11 is 0. The largest absolute Gasteiger partial charge is 0.481 e. The lowest BCUT2D eigenvalue weighted by molar-refractivity contribution is -0.870. The first kappa shape index (κ1) is 27.6. The summed E-state index contributed by atoms with van der Waals surface area (Å²) in [6.07, 6.45) is -5.63. The van der Waals surface area contributed by atoms with E-state index in [1.807, 2.05) is 0 Å². The number of likely N-dealkylation sites (N-methyl/N-ethyl adjacent to an activating group) is 1. The van der Waals surface area contributed by atoms with E-state index in [-0.39, 0.29) is 13.2 Å². The smallest absolute Gasteiger partial charge is 0.387 e. The van der Waals surface area contributed by atoms with Gasteiger partial charge in [-0.3, -0.25) is 9.05 Å². The SMILES string of the molecule is C[N+](C)(C)CCOP(=O)(O)OP(=O)(O)OC[C@H]1O[C@@H](n2ccc([N+](=O)[O-])nc2=O)[C@H](O)[C@@H]1O. The lowest BCUT2D eigenvalue weighted by Gasteiger charge is -2.24. The molecule has 0 bridgehead atoms. The van der Waals surface area contributed by atoms with Gasteiger partial charge in [-0.05, 0) is 4.92 Å². The molecule has 188 valence electrons. The van der Waals surface area contributed by atoms with Gasteiger partial charge in [0.05, 0.1) is 33.8 Å². The highest BCUT2D eigenvalue weighted by molar-refractivity contribution is 7.61. The summed E-state index contributed by atoms with van der Waals surface area (Å²) in [6, 6.07) is 0.862. The van der Waals surface area contributed by atoms with E-state index in [2.05, 4.69) is 18.3 Å². The normalized spacial score (nSPS) is 27.1. The summed E-state index contributed by atoms with van der Waals surface area (Å²) < 4.78 is 43.5. The molecule has 19 heteroatoms. The number of nitro groups is 1. The minimum absolute atomic E-state index is 0.270. The van der Waals surface area contributed by atoms with Crippen molar-refractivity contribution >= 4 is 21.5 Å². The first-order chi connectivity index (χ1) is 15.0. The monoisotopic (exact) mass is 519 g/mol. The number of ether oxygens (including phenoxy) is 1. The van der Waals surface area contributed by atoms with E-state index in [4.69, 9.17) is 4.74 Å². The quantitative estimate of drug-likeness (QED) is 0.116. The van der Waals surface area contributed by atoms with Crippen molar-refractivity contribution in [2.75, 3.05) is 40.9 Å². The van der Waals surface area contributed by atoms with Crippen molar-refractivity contribution in [1.29, 1.82) is 0 Å². The first-order valence-electron chi connectivity index (χ1n) is 9.23. The molecule has 1 aromatic heterocycles. The molecular formula is C14H25N4O13P2+. The maximum atomic E-state index is 12.0. The molecular weight excluding hydrogens is 494 g/mol. The van der Waals surface area contributed by atoms with E-state index >= 15 is 0 Å². The van der Waals surface area contributed by atoms with Crippen molar-refractivity contribution in [3.63, 3.8) is 0 Å². The summed E-state index contributed by atoms with van der Waals surface area (Å²) in [6.45, 7) is -0.896. The highest BCUT2D eigenvalue weighted by atomic mass is 31.3. The standard InChI is InChI=1S/C14H24N4O13P2/c1-18(2,3)6-7-28-32(24,25)31-33(26,27)29-8-9-11(19)12(20)13(30-9)16-5-4-10(17(22)23)15-14(16)21/h4-5,9,11-13,19-20H,6-8H2,1-3H3,(H-,24,25,26,27)/p+1/t9-,11-,12-,13-/m1/s1. The molecule has 0 aromatic carbocycles. The zero-order valence-corrected chi connectivity index (χ0v) is 19.5. The van der Waals surface area contributed by atoms with Gasteiger partial charge in [0.2, 0.25) is 0 Å². The Bertz CT molecular complexity index is 1010. The van der Waals surface area contributed by atoms with Crippen LogP contribution in [-0.2, 0) is 27.2 Å². The number of aliphatic hydroxyl groups is 2. The average molecular weight is 519 g/mol. The second-order valence-electron chi connectivity index (χ2n) is 7.94. The number of hydrogen-bond acceptors (Lipinski definition) is 12. The second kappa shape index (κ2) is 10.3. The van der Waals surface area contributed by atoms with Crippen molar-refractivity contribution in [3.05, 3.63) is 32.9 Å². The molecule has 0 amide bonds. The van der Waals surface area contributed by atoms with Crippen LogP contribution in [0.1, 0.15) is 6.23 Å². The van der Waals surface area contributed by atoms with Gasteiger partial charge >= 0.3 is 27.2 Å². The van der Waals surface area contributed by atoms with Crippen LogP contribution in [0.25, 0.3) is 0 Å². The summed E-state index contributed by atoms with van der Waals surface area (Å²) in [5.74, 6) is -0.750. The molecule has 2 heterocycles. The predicted octanol–water partition coefficient (Wildman–Crippen LogP) is -1.27. The molecule has 1 aliphatic heterocycles. The minimum atomic E-state index is -5.18. The van der Waals surface area contributed by atoms with E-state index in [1.54, 1.807) is 21.1 Å². The molecule has 0 saturated carbocycles. The lowest BCUT2D eigenvalue weighted by atomic mass is 10.1. The number of hydrogen-bond donors (Lipinski definition) is 4. The highest BCUT2D eigenvalue weighted by Crippen LogP contribution is 2.60. The summed E-state index contributed by atoms with van der Waals surface area (Å²) in [5, 5.41) is 30.9. The Kier molecular flexibility index (Phi) is 8.65. The lowest BCUT2D eigenvalue weighted by Crippen LogP contribution is -2.37. The Hall–Kier alpha value is -1.62. The zero-order valence-electron chi connectivity index (χ0n) is 17.7. The summed E-state index contributed by atoms with van der Waals surface area (Å²) in [4.78, 5) is 44.2. The van der Waals surface area contributed by atoms with Gasteiger partial charge in [-0.1, -0.05) is 0 Å². The van der Waals surface area contributed by atoms with Gasteiger partial charge in [0.1, 0.15) is 31.5 Å². The molecule has 2 unspecified atom stereocenters. The van der Waals surface area contributed by atoms with Crippen molar-refractivity contribution in [2.45, 2.75) is 24.5 Å². The van der Waals surface area contributed by atoms with Gasteiger partial charge < -0.3 is 39.3 Å². The Morgan fingerprint density at radius 2 is 1.82 bits per heavy atom. The van der Waals surface area contributed by atoms with Crippen LogP contribution in [0.3, 0.4) is 0 Å². The molecule has 4 N–H and O–H groups in total. The molecule has 33 heavy (non-hydrogen) atoms. The fraction of sp³-hybridized carbons (Fsp3) is 0.714. The zero-order chi connectivity index (χ0) is 25.2. The van der Waals surface area contributed by atoms with E-state index in [0.717, 1.165) is 12.3 Å². The molecule has 0 aliphatic carbocycles. The fourth-order valence-corrected chi connectivity index (χ4v) is 4.64. The number of nitrogens with zero attached hydrogens (tertiary/aromatic N) is 4. The van der Waals surface area contributed by atoms with E-state index in [1.165, 1.54) is 0 Å². The van der Waals surface area contributed by atoms with Gasteiger partial charge in [0.25, 0.3) is 0 Å². The number of aliphatic hydroxyl groups excluding tert-OH is 2. The van der Waals surface area contributed by atoms with Gasteiger partial charge in [-0.15, -0.1) is 0 Å². The van der Waals surface area contributed by atoms with Crippen molar-refractivity contribution in [3.8, 4) is 0 Å². The van der Waals surface area contributed by atoms with E-state index in [0.29, 0.717) is 9.05 Å². The third-order valence-electron chi connectivity index (χ3n) is 4.24. The number of rotatable bonds is 11. The van der Waals surface area contributed by atoms with Crippen LogP contribution in [0, 0.1) is 10.1 Å². The Morgan fingerprint density at radius 3 is 2.36 bits per heavy atom. The number of aromatic nitrogens is 2. The first-order valence-corrected chi connectivity index (χ1v) is 12.2. The maximum absolute atomic E-state index is 12.0. The maximum Gasteiger partial charge on any atom is 0.481 e. The van der Waals surface area contributed by atoms with Crippen LogP contribution in [0.15, 0.2) is 17.1 Å². The van der Waals surface area contributed by atoms with Gasteiger partial charge in [-0.25, -0.2) is 18.5 Å². The third-order valence-corrected chi connectivity index (χ3v) is 6.87. The minimum Gasteiger partial charge on any atom is -0.387 e. The van der Waals surface area contributed by atoms with Crippen LogP contribution in [0.4, 0.5) is 5.82 Å². The van der Waals surface area contributed by atoms with E-state index < -0.39 is 63.2 Å². The fourth-order valence-electron chi connectivity index (χ4n) is 2.57. The van der Waals surface area contributed by atoms with Crippen LogP contribution in [0.5, 0.6) is 0 Å². The Labute approximate surface area is 186 Å². The van der Waals surface area contributed by atoms with Gasteiger partial charge in [0.15, 0.2) is 6.23 Å². The number of phosphoric ester groups is 2. The van der Waals surface area contributed by atoms with Crippen LogP contribution < -0.4 is 5.69 Å². The number of quaternary nitrogens is 1. The summed E-state index contributed by atoms with van der Waals surface area (Å²) in [7, 11) is -4.82. The van der Waals surface area contributed by atoms with Crippen LogP contribution in [-0.4, -0.2) is 98.2 Å². The molecule has 1 fully saturated rings. The van der Waals surface area contributed by atoms with E-state index in [9.17, 15) is 44.0 Å². The highest BCUT2D eigenvalue weighted by Gasteiger charge is 2.46. The van der Waals surface area contributed by atoms with Gasteiger partial charge in [0, 0.05) is 11.2 Å².